The van der Waals surface area contributed by atoms with Gasteiger partial charge in [-0.15, -0.1) is 0 Å². The van der Waals surface area contributed by atoms with Gasteiger partial charge in [-0.1, -0.05) is 13.8 Å². The number of carbonyl (C=O) groups is 1. The van der Waals surface area contributed by atoms with Gasteiger partial charge in [0, 0.05) is 6.04 Å². The molecule has 1 amide bonds. The summed E-state index contributed by atoms with van der Waals surface area (Å²) in [5, 5.41) is 3.33. The minimum Gasteiger partial charge on any atom is -0.368 e. The van der Waals surface area contributed by atoms with Gasteiger partial charge in [0.15, 0.2) is 0 Å². The van der Waals surface area contributed by atoms with Crippen molar-refractivity contribution in [1.29, 1.82) is 0 Å². The fraction of sp³-hybridized carbons (Fsp3) is 0.889. The van der Waals surface area contributed by atoms with Gasteiger partial charge >= 0.3 is 0 Å². The zero-order valence-electron chi connectivity index (χ0n) is 7.89. The van der Waals surface area contributed by atoms with Gasteiger partial charge in [-0.3, -0.25) is 4.79 Å². The molecule has 0 radical (unpaired) electrons. The van der Waals surface area contributed by atoms with Crippen LogP contribution in [0.1, 0.15) is 39.5 Å². The standard InChI is InChI=1S/C9H18N2O/c1-3-9(4-2,8(10)12)11-7-5-6-7/h7,11H,3-6H2,1-2H3,(H2,10,12). The van der Waals surface area contributed by atoms with Crippen molar-refractivity contribution in [2.24, 2.45) is 5.73 Å². The molecule has 0 aromatic rings. The van der Waals surface area contributed by atoms with Gasteiger partial charge in [0.05, 0.1) is 5.54 Å². The molecule has 0 spiro atoms. The summed E-state index contributed by atoms with van der Waals surface area (Å²) in [5.41, 5.74) is 4.92. The molecule has 0 saturated heterocycles. The first-order valence-corrected chi connectivity index (χ1v) is 4.72. The van der Waals surface area contributed by atoms with Crippen molar-refractivity contribution in [3.05, 3.63) is 0 Å². The van der Waals surface area contributed by atoms with Gasteiger partial charge in [0.25, 0.3) is 0 Å². The fourth-order valence-corrected chi connectivity index (χ4v) is 1.49. The molecule has 1 aliphatic carbocycles. The second-order valence-corrected chi connectivity index (χ2v) is 3.57. The summed E-state index contributed by atoms with van der Waals surface area (Å²) < 4.78 is 0. The number of hydrogen-bond donors (Lipinski definition) is 2. The Balaban J connectivity index is 2.60. The third-order valence-corrected chi connectivity index (χ3v) is 2.74. The Morgan fingerprint density at radius 3 is 2.25 bits per heavy atom. The van der Waals surface area contributed by atoms with Gasteiger partial charge in [-0.2, -0.15) is 0 Å². The van der Waals surface area contributed by atoms with Crippen LogP contribution in [0.3, 0.4) is 0 Å². The van der Waals surface area contributed by atoms with Crippen LogP contribution in [0.15, 0.2) is 0 Å². The number of amides is 1. The number of carbonyl (C=O) groups excluding carboxylic acids is 1. The zero-order chi connectivity index (χ0) is 9.19. The SMILES string of the molecule is CCC(CC)(NC1CC1)C(N)=O. The molecule has 1 aliphatic rings. The molecule has 0 unspecified atom stereocenters. The van der Waals surface area contributed by atoms with Crippen LogP contribution in [0, 0.1) is 0 Å². The smallest absolute Gasteiger partial charge is 0.237 e. The van der Waals surface area contributed by atoms with E-state index in [1.54, 1.807) is 0 Å². The Labute approximate surface area is 73.7 Å². The second-order valence-electron chi connectivity index (χ2n) is 3.57. The molecule has 0 atom stereocenters. The minimum atomic E-state index is -0.443. The lowest BCUT2D eigenvalue weighted by molar-refractivity contribution is -0.124. The Bertz CT molecular complexity index is 171. The van der Waals surface area contributed by atoms with E-state index in [4.69, 9.17) is 5.73 Å². The largest absolute Gasteiger partial charge is 0.368 e. The second kappa shape index (κ2) is 3.44. The Kier molecular flexibility index (Phi) is 2.73. The van der Waals surface area contributed by atoms with E-state index in [0.717, 1.165) is 12.8 Å². The van der Waals surface area contributed by atoms with Crippen molar-refractivity contribution < 1.29 is 4.79 Å². The highest BCUT2D eigenvalue weighted by Gasteiger charge is 2.37. The first kappa shape index (κ1) is 9.52. The number of hydrogen-bond acceptors (Lipinski definition) is 2. The zero-order valence-corrected chi connectivity index (χ0v) is 7.89. The number of nitrogens with one attached hydrogen (secondary N) is 1. The highest BCUT2D eigenvalue weighted by atomic mass is 16.1. The molecule has 3 heteroatoms. The predicted molar refractivity (Wildman–Crippen MR) is 48.7 cm³/mol. The highest BCUT2D eigenvalue weighted by molar-refractivity contribution is 5.84. The molecule has 3 nitrogen and oxygen atoms in total. The first-order valence-electron chi connectivity index (χ1n) is 4.72. The lowest BCUT2D eigenvalue weighted by Crippen LogP contribution is -2.55. The molecule has 0 aliphatic heterocycles. The Hall–Kier alpha value is -0.570. The van der Waals surface area contributed by atoms with E-state index in [9.17, 15) is 4.79 Å². The average molecular weight is 170 g/mol. The van der Waals surface area contributed by atoms with Crippen LogP contribution < -0.4 is 11.1 Å². The van der Waals surface area contributed by atoms with E-state index in [1.807, 2.05) is 13.8 Å². The average Bonchev–Trinajstić information content (AvgIpc) is 2.83. The molecule has 0 aromatic heterocycles. The third kappa shape index (κ3) is 1.78. The van der Waals surface area contributed by atoms with E-state index in [0.29, 0.717) is 6.04 Å². The van der Waals surface area contributed by atoms with Crippen molar-refractivity contribution in [2.75, 3.05) is 0 Å². The molecular weight excluding hydrogens is 152 g/mol. The van der Waals surface area contributed by atoms with Gasteiger partial charge in [0.1, 0.15) is 0 Å². The summed E-state index contributed by atoms with van der Waals surface area (Å²) >= 11 is 0. The maximum absolute atomic E-state index is 11.2. The van der Waals surface area contributed by atoms with Crippen LogP contribution in [0.5, 0.6) is 0 Å². The molecule has 1 rings (SSSR count). The molecule has 1 fully saturated rings. The van der Waals surface area contributed by atoms with E-state index < -0.39 is 5.54 Å². The third-order valence-electron chi connectivity index (χ3n) is 2.74. The van der Waals surface area contributed by atoms with E-state index in [2.05, 4.69) is 5.32 Å². The van der Waals surface area contributed by atoms with Gasteiger partial charge < -0.3 is 11.1 Å². The van der Waals surface area contributed by atoms with Crippen molar-refractivity contribution in [3.8, 4) is 0 Å². The number of nitrogens with two attached hydrogens (primary N) is 1. The summed E-state index contributed by atoms with van der Waals surface area (Å²) in [6, 6.07) is 0.539. The van der Waals surface area contributed by atoms with Gasteiger partial charge in [-0.25, -0.2) is 0 Å². The maximum Gasteiger partial charge on any atom is 0.237 e. The van der Waals surface area contributed by atoms with Crippen LogP contribution in [0.2, 0.25) is 0 Å². The number of primary amides is 1. The molecule has 12 heavy (non-hydrogen) atoms. The van der Waals surface area contributed by atoms with Crippen molar-refractivity contribution >= 4 is 5.91 Å². The van der Waals surface area contributed by atoms with Crippen molar-refractivity contribution in [1.82, 2.24) is 5.32 Å². The molecule has 3 N–H and O–H groups in total. The van der Waals surface area contributed by atoms with Crippen LogP contribution >= 0.6 is 0 Å². The van der Waals surface area contributed by atoms with E-state index in [1.165, 1.54) is 12.8 Å². The molecule has 1 saturated carbocycles. The molecule has 70 valence electrons. The number of rotatable bonds is 5. The maximum atomic E-state index is 11.2. The summed E-state index contributed by atoms with van der Waals surface area (Å²) in [6.45, 7) is 4.01. The lowest BCUT2D eigenvalue weighted by Gasteiger charge is -2.29. The summed E-state index contributed by atoms with van der Waals surface area (Å²) in [4.78, 5) is 11.2. The summed E-state index contributed by atoms with van der Waals surface area (Å²) in [5.74, 6) is -0.209. The molecular formula is C9H18N2O. The molecule has 0 heterocycles. The quantitative estimate of drug-likeness (QED) is 0.640. The van der Waals surface area contributed by atoms with Gasteiger partial charge in [-0.05, 0) is 25.7 Å². The Morgan fingerprint density at radius 1 is 1.50 bits per heavy atom. The van der Waals surface area contributed by atoms with Crippen LogP contribution in [0.4, 0.5) is 0 Å². The minimum absolute atomic E-state index is 0.209. The van der Waals surface area contributed by atoms with Gasteiger partial charge in [0.2, 0.25) is 5.91 Å². The molecule has 0 aromatic carbocycles. The Morgan fingerprint density at radius 2 is 2.00 bits per heavy atom. The topological polar surface area (TPSA) is 55.1 Å². The van der Waals surface area contributed by atoms with E-state index in [-0.39, 0.29) is 5.91 Å². The first-order chi connectivity index (χ1) is 5.64. The monoisotopic (exact) mass is 170 g/mol. The van der Waals surface area contributed by atoms with Crippen LogP contribution in [-0.4, -0.2) is 17.5 Å². The van der Waals surface area contributed by atoms with Crippen LogP contribution in [-0.2, 0) is 4.79 Å². The fourth-order valence-electron chi connectivity index (χ4n) is 1.49. The van der Waals surface area contributed by atoms with Crippen molar-refractivity contribution in [3.63, 3.8) is 0 Å². The summed E-state index contributed by atoms with van der Waals surface area (Å²) in [7, 11) is 0. The van der Waals surface area contributed by atoms with Crippen LogP contribution in [0.25, 0.3) is 0 Å². The summed E-state index contributed by atoms with van der Waals surface area (Å²) in [6.07, 6.45) is 3.95. The lowest BCUT2D eigenvalue weighted by atomic mass is 9.92. The molecule has 0 bridgehead atoms. The normalized spacial score (nSPS) is 17.8. The predicted octanol–water partition coefficient (Wildman–Crippen LogP) is 0.783. The van der Waals surface area contributed by atoms with Crippen molar-refractivity contribution in [2.45, 2.75) is 51.1 Å². The highest BCUT2D eigenvalue weighted by Crippen LogP contribution is 2.25. The van der Waals surface area contributed by atoms with E-state index >= 15 is 0 Å².